The minimum absolute atomic E-state index is 0.894. The summed E-state index contributed by atoms with van der Waals surface area (Å²) in [5.74, 6) is 0. The molecule has 1 heterocycles. The van der Waals surface area contributed by atoms with Crippen LogP contribution in [0.2, 0.25) is 0 Å². The molecule has 2 aromatic rings. The zero-order valence-electron chi connectivity index (χ0n) is 7.16. The maximum Gasteiger partial charge on any atom is 0.102 e. The van der Waals surface area contributed by atoms with E-state index in [-0.39, 0.29) is 0 Å². The maximum atomic E-state index is 4.59. The Labute approximate surface area is 81.3 Å². The number of aromatic amines is 1. The molecule has 0 fully saturated rings. The van der Waals surface area contributed by atoms with Crippen molar-refractivity contribution in [3.63, 3.8) is 0 Å². The van der Waals surface area contributed by atoms with E-state index in [1.807, 2.05) is 31.2 Å². The van der Waals surface area contributed by atoms with Crippen LogP contribution in [-0.4, -0.2) is 10.1 Å². The van der Waals surface area contributed by atoms with Crippen LogP contribution >= 0.6 is 12.2 Å². The van der Waals surface area contributed by atoms with Crippen LogP contribution in [0.4, 0.5) is 5.69 Å². The first-order chi connectivity index (χ1) is 6.33. The van der Waals surface area contributed by atoms with Gasteiger partial charge in [-0.1, -0.05) is 18.2 Å². The highest BCUT2D eigenvalue weighted by Crippen LogP contribution is 2.28. The van der Waals surface area contributed by atoms with Crippen molar-refractivity contribution in [3.05, 3.63) is 30.0 Å². The predicted molar refractivity (Wildman–Crippen MR) is 57.7 cm³/mol. The third-order valence-electron chi connectivity index (χ3n) is 2.02. The number of isothiocyanates is 1. The van der Waals surface area contributed by atoms with Gasteiger partial charge < -0.3 is 4.98 Å². The summed E-state index contributed by atoms with van der Waals surface area (Å²) in [6, 6.07) is 8.01. The van der Waals surface area contributed by atoms with E-state index in [1.54, 1.807) is 0 Å². The Hall–Kier alpha value is -1.44. The minimum Gasteiger partial charge on any atom is -0.357 e. The molecule has 0 spiro atoms. The van der Waals surface area contributed by atoms with Gasteiger partial charge in [-0.15, -0.1) is 0 Å². The molecule has 0 saturated carbocycles. The van der Waals surface area contributed by atoms with Crippen molar-refractivity contribution in [3.8, 4) is 0 Å². The highest BCUT2D eigenvalue weighted by molar-refractivity contribution is 7.78. The standard InChI is InChI=1S/C10H8N2S/c1-7-10(11-6-13)8-4-2-3-5-9(8)12-7/h2-5,12H,1H3. The fourth-order valence-electron chi connectivity index (χ4n) is 1.45. The van der Waals surface area contributed by atoms with Gasteiger partial charge in [0.1, 0.15) is 5.69 Å². The zero-order valence-corrected chi connectivity index (χ0v) is 7.98. The molecule has 0 aliphatic rings. The van der Waals surface area contributed by atoms with Crippen molar-refractivity contribution >= 4 is 34.0 Å². The number of aryl methyl sites for hydroxylation is 1. The normalized spacial score (nSPS) is 9.92. The molecule has 0 saturated heterocycles. The van der Waals surface area contributed by atoms with Crippen molar-refractivity contribution in [2.75, 3.05) is 0 Å². The second kappa shape index (κ2) is 3.13. The lowest BCUT2D eigenvalue weighted by Gasteiger charge is -1.88. The average molecular weight is 188 g/mol. The van der Waals surface area contributed by atoms with E-state index in [0.29, 0.717) is 0 Å². The zero-order chi connectivity index (χ0) is 9.26. The number of thiocarbonyl (C=S) groups is 1. The molecule has 2 nitrogen and oxygen atoms in total. The molecule has 2 rings (SSSR count). The average Bonchev–Trinajstić information content (AvgIpc) is 2.44. The van der Waals surface area contributed by atoms with Crippen LogP contribution in [0.1, 0.15) is 5.69 Å². The summed E-state index contributed by atoms with van der Waals surface area (Å²) in [6.45, 7) is 1.98. The third kappa shape index (κ3) is 1.28. The molecule has 1 N–H and O–H groups in total. The molecule has 1 aromatic heterocycles. The van der Waals surface area contributed by atoms with Gasteiger partial charge >= 0.3 is 0 Å². The first-order valence-corrected chi connectivity index (χ1v) is 4.39. The fourth-order valence-corrected chi connectivity index (χ4v) is 1.54. The van der Waals surface area contributed by atoms with E-state index in [0.717, 1.165) is 22.3 Å². The van der Waals surface area contributed by atoms with Crippen molar-refractivity contribution in [1.29, 1.82) is 0 Å². The second-order valence-electron chi connectivity index (χ2n) is 2.85. The van der Waals surface area contributed by atoms with Gasteiger partial charge in [-0.25, -0.2) is 0 Å². The van der Waals surface area contributed by atoms with Gasteiger partial charge in [0.15, 0.2) is 0 Å². The van der Waals surface area contributed by atoms with Gasteiger partial charge in [0.25, 0.3) is 0 Å². The lowest BCUT2D eigenvalue weighted by atomic mass is 10.2. The van der Waals surface area contributed by atoms with Crippen LogP contribution in [-0.2, 0) is 0 Å². The Morgan fingerprint density at radius 1 is 1.38 bits per heavy atom. The number of nitrogens with one attached hydrogen (secondary N) is 1. The lowest BCUT2D eigenvalue weighted by molar-refractivity contribution is 1.29. The van der Waals surface area contributed by atoms with Crippen molar-refractivity contribution in [2.45, 2.75) is 6.92 Å². The number of nitrogens with zero attached hydrogens (tertiary/aromatic N) is 1. The van der Waals surface area contributed by atoms with E-state index in [1.165, 1.54) is 0 Å². The van der Waals surface area contributed by atoms with Gasteiger partial charge in [-0.3, -0.25) is 0 Å². The Bertz CT molecular complexity index is 493. The number of H-pyrrole nitrogens is 1. The molecule has 0 aliphatic heterocycles. The van der Waals surface area contributed by atoms with Crippen LogP contribution in [0.25, 0.3) is 10.9 Å². The monoisotopic (exact) mass is 188 g/mol. The van der Waals surface area contributed by atoms with Gasteiger partial charge in [-0.2, -0.15) is 4.99 Å². The minimum atomic E-state index is 0.894. The van der Waals surface area contributed by atoms with E-state index < -0.39 is 0 Å². The summed E-state index contributed by atoms with van der Waals surface area (Å²) in [7, 11) is 0. The number of hydrogen-bond donors (Lipinski definition) is 1. The molecule has 1 aromatic carbocycles. The quantitative estimate of drug-likeness (QED) is 0.540. The second-order valence-corrected chi connectivity index (χ2v) is 3.03. The molecule has 0 amide bonds. The highest BCUT2D eigenvalue weighted by atomic mass is 32.1. The van der Waals surface area contributed by atoms with Crippen LogP contribution in [0.15, 0.2) is 29.3 Å². The summed E-state index contributed by atoms with van der Waals surface area (Å²) < 4.78 is 0. The number of aromatic nitrogens is 1. The summed E-state index contributed by atoms with van der Waals surface area (Å²) in [5.41, 5.74) is 3.01. The van der Waals surface area contributed by atoms with E-state index in [4.69, 9.17) is 0 Å². The molecular weight excluding hydrogens is 180 g/mol. The molecule has 0 atom stereocenters. The highest BCUT2D eigenvalue weighted by Gasteiger charge is 2.04. The molecule has 3 heteroatoms. The van der Waals surface area contributed by atoms with Crippen LogP contribution in [0.3, 0.4) is 0 Å². The summed E-state index contributed by atoms with van der Waals surface area (Å²) >= 11 is 4.59. The summed E-state index contributed by atoms with van der Waals surface area (Å²) in [6.07, 6.45) is 0. The number of hydrogen-bond acceptors (Lipinski definition) is 2. The molecule has 13 heavy (non-hydrogen) atoms. The molecule has 64 valence electrons. The number of rotatable bonds is 1. The first-order valence-electron chi connectivity index (χ1n) is 3.98. The van der Waals surface area contributed by atoms with Crippen LogP contribution < -0.4 is 0 Å². The third-order valence-corrected chi connectivity index (χ3v) is 2.11. The van der Waals surface area contributed by atoms with Crippen LogP contribution in [0.5, 0.6) is 0 Å². The molecule has 0 radical (unpaired) electrons. The van der Waals surface area contributed by atoms with Crippen molar-refractivity contribution < 1.29 is 0 Å². The Morgan fingerprint density at radius 2 is 2.15 bits per heavy atom. The molecule has 0 unspecified atom stereocenters. The number of para-hydroxylation sites is 1. The van der Waals surface area contributed by atoms with Gasteiger partial charge in [0.2, 0.25) is 0 Å². The Kier molecular flexibility index (Phi) is 1.97. The van der Waals surface area contributed by atoms with E-state index in [2.05, 4.69) is 27.4 Å². The van der Waals surface area contributed by atoms with Gasteiger partial charge in [-0.05, 0) is 25.2 Å². The van der Waals surface area contributed by atoms with E-state index >= 15 is 0 Å². The summed E-state index contributed by atoms with van der Waals surface area (Å²) in [5, 5.41) is 3.49. The molecule has 0 aliphatic carbocycles. The topological polar surface area (TPSA) is 28.1 Å². The van der Waals surface area contributed by atoms with Crippen molar-refractivity contribution in [2.24, 2.45) is 4.99 Å². The fraction of sp³-hybridized carbons (Fsp3) is 0.100. The predicted octanol–water partition coefficient (Wildman–Crippen LogP) is 3.21. The smallest absolute Gasteiger partial charge is 0.102 e. The van der Waals surface area contributed by atoms with Crippen molar-refractivity contribution in [1.82, 2.24) is 4.98 Å². The molecule has 0 bridgehead atoms. The summed E-state index contributed by atoms with van der Waals surface area (Å²) in [4.78, 5) is 7.26. The number of fused-ring (bicyclic) bond motifs is 1. The van der Waals surface area contributed by atoms with E-state index in [9.17, 15) is 0 Å². The largest absolute Gasteiger partial charge is 0.357 e. The maximum absolute atomic E-state index is 4.59. The SMILES string of the molecule is Cc1[nH]c2ccccc2c1N=C=S. The van der Waals surface area contributed by atoms with Gasteiger partial charge in [0.05, 0.1) is 5.16 Å². The van der Waals surface area contributed by atoms with Gasteiger partial charge in [0, 0.05) is 16.6 Å². The lowest BCUT2D eigenvalue weighted by Crippen LogP contribution is -1.66. The Morgan fingerprint density at radius 3 is 2.92 bits per heavy atom. The Balaban J connectivity index is 2.85. The van der Waals surface area contributed by atoms with Crippen LogP contribution in [0, 0.1) is 6.92 Å². The number of aliphatic imine (C=N–C) groups is 1. The number of benzene rings is 1. The first kappa shape index (κ1) is 8.17. The molecular formula is C10H8N2S.